The Morgan fingerprint density at radius 2 is 2.05 bits per heavy atom. The van der Waals surface area contributed by atoms with Crippen molar-refractivity contribution < 1.29 is 4.79 Å². The number of amides is 1. The summed E-state index contributed by atoms with van der Waals surface area (Å²) in [5.74, 6) is -0.0414. The number of rotatable bonds is 6. The molecule has 0 aliphatic carbocycles. The van der Waals surface area contributed by atoms with Crippen LogP contribution in [0.15, 0.2) is 30.5 Å². The van der Waals surface area contributed by atoms with E-state index in [1.54, 1.807) is 6.20 Å². The summed E-state index contributed by atoms with van der Waals surface area (Å²) in [5, 5.41) is 3.94. The van der Waals surface area contributed by atoms with Gasteiger partial charge in [-0.1, -0.05) is 19.1 Å². The van der Waals surface area contributed by atoms with Gasteiger partial charge >= 0.3 is 0 Å². The molecule has 4 nitrogen and oxygen atoms in total. The zero-order valence-electron chi connectivity index (χ0n) is 11.6. The molecule has 1 aromatic heterocycles. The predicted molar refractivity (Wildman–Crippen MR) is 83.0 cm³/mol. The number of nitrogens with one attached hydrogen (secondary N) is 1. The van der Waals surface area contributed by atoms with E-state index in [0.717, 1.165) is 35.5 Å². The third-order valence-corrected chi connectivity index (χ3v) is 3.98. The maximum atomic E-state index is 11.9. The van der Waals surface area contributed by atoms with Gasteiger partial charge in [0.1, 0.15) is 4.88 Å². The SMILES string of the molecule is CCCc1ncc(C(=O)NCCc2ccc(N)cc2)s1. The Kier molecular flexibility index (Phi) is 5.12. The molecule has 3 N–H and O–H groups in total. The Hall–Kier alpha value is -1.88. The molecule has 106 valence electrons. The molecule has 1 amide bonds. The van der Waals surface area contributed by atoms with Crippen LogP contribution in [0.3, 0.4) is 0 Å². The molecule has 0 bridgehead atoms. The average molecular weight is 289 g/mol. The van der Waals surface area contributed by atoms with Crippen LogP contribution < -0.4 is 11.1 Å². The predicted octanol–water partition coefficient (Wildman–Crippen LogP) is 2.65. The molecule has 2 aromatic rings. The second-order valence-corrected chi connectivity index (χ2v) is 5.73. The Morgan fingerprint density at radius 3 is 2.75 bits per heavy atom. The quantitative estimate of drug-likeness (QED) is 0.803. The highest BCUT2D eigenvalue weighted by Crippen LogP contribution is 2.14. The molecule has 0 radical (unpaired) electrons. The van der Waals surface area contributed by atoms with Crippen LogP contribution in [0.25, 0.3) is 0 Å². The summed E-state index contributed by atoms with van der Waals surface area (Å²) in [5.41, 5.74) is 7.55. The van der Waals surface area contributed by atoms with Crippen LogP contribution in [0.4, 0.5) is 5.69 Å². The van der Waals surface area contributed by atoms with Gasteiger partial charge in [0.05, 0.1) is 11.2 Å². The number of hydrogen-bond acceptors (Lipinski definition) is 4. The first-order chi connectivity index (χ1) is 9.69. The molecule has 0 atom stereocenters. The molecule has 20 heavy (non-hydrogen) atoms. The van der Waals surface area contributed by atoms with Gasteiger partial charge in [0.25, 0.3) is 5.91 Å². The zero-order chi connectivity index (χ0) is 14.4. The Morgan fingerprint density at radius 1 is 1.30 bits per heavy atom. The molecule has 0 saturated heterocycles. The minimum atomic E-state index is -0.0414. The molecule has 0 unspecified atom stereocenters. The summed E-state index contributed by atoms with van der Waals surface area (Å²) in [4.78, 5) is 16.9. The first-order valence-corrected chi connectivity index (χ1v) is 7.58. The zero-order valence-corrected chi connectivity index (χ0v) is 12.4. The summed E-state index contributed by atoms with van der Waals surface area (Å²) in [6.07, 6.45) is 4.44. The van der Waals surface area contributed by atoms with Crippen LogP contribution in [0.2, 0.25) is 0 Å². The van der Waals surface area contributed by atoms with Crippen LogP contribution in [-0.2, 0) is 12.8 Å². The Balaban J connectivity index is 1.81. The highest BCUT2D eigenvalue weighted by molar-refractivity contribution is 7.13. The standard InChI is InChI=1S/C15H19N3OS/c1-2-3-14-18-10-13(20-14)15(19)17-9-8-11-4-6-12(16)7-5-11/h4-7,10H,2-3,8-9,16H2,1H3,(H,17,19). The van der Waals surface area contributed by atoms with Crippen molar-refractivity contribution >= 4 is 22.9 Å². The third-order valence-electron chi connectivity index (χ3n) is 2.92. The number of aryl methyl sites for hydroxylation is 1. The summed E-state index contributed by atoms with van der Waals surface area (Å²) in [7, 11) is 0. The molecule has 0 fully saturated rings. The largest absolute Gasteiger partial charge is 0.399 e. The van der Waals surface area contributed by atoms with Crippen LogP contribution in [-0.4, -0.2) is 17.4 Å². The maximum absolute atomic E-state index is 11.9. The number of nitrogens with two attached hydrogens (primary N) is 1. The second-order valence-electron chi connectivity index (χ2n) is 4.62. The summed E-state index contributed by atoms with van der Waals surface area (Å²) in [6, 6.07) is 7.70. The van der Waals surface area contributed by atoms with Gasteiger partial charge in [-0.25, -0.2) is 4.98 Å². The first-order valence-electron chi connectivity index (χ1n) is 6.76. The van der Waals surface area contributed by atoms with E-state index in [1.807, 2.05) is 24.3 Å². The van der Waals surface area contributed by atoms with Crippen LogP contribution in [0, 0.1) is 0 Å². The number of nitrogens with zero attached hydrogens (tertiary/aromatic N) is 1. The van der Waals surface area contributed by atoms with E-state index < -0.39 is 0 Å². The number of nitrogen functional groups attached to an aromatic ring is 1. The lowest BCUT2D eigenvalue weighted by atomic mass is 10.1. The molecule has 0 spiro atoms. The van der Waals surface area contributed by atoms with Crippen molar-refractivity contribution in [2.75, 3.05) is 12.3 Å². The van der Waals surface area contributed by atoms with Crippen molar-refractivity contribution in [1.82, 2.24) is 10.3 Å². The van der Waals surface area contributed by atoms with Crippen molar-refractivity contribution in [3.63, 3.8) is 0 Å². The maximum Gasteiger partial charge on any atom is 0.263 e. The van der Waals surface area contributed by atoms with Crippen molar-refractivity contribution in [3.8, 4) is 0 Å². The molecule has 0 aliphatic heterocycles. The fraction of sp³-hybridized carbons (Fsp3) is 0.333. The lowest BCUT2D eigenvalue weighted by molar-refractivity contribution is 0.0958. The molecule has 2 rings (SSSR count). The van der Waals surface area contributed by atoms with Gasteiger partial charge in [0.15, 0.2) is 0 Å². The number of benzene rings is 1. The van der Waals surface area contributed by atoms with E-state index in [2.05, 4.69) is 17.2 Å². The van der Waals surface area contributed by atoms with Crippen molar-refractivity contribution in [1.29, 1.82) is 0 Å². The smallest absolute Gasteiger partial charge is 0.263 e. The number of thiazole rings is 1. The van der Waals surface area contributed by atoms with Gasteiger partial charge in [0, 0.05) is 12.2 Å². The molecular formula is C15H19N3OS. The van der Waals surface area contributed by atoms with Crippen LogP contribution in [0.1, 0.15) is 33.6 Å². The van der Waals surface area contributed by atoms with E-state index >= 15 is 0 Å². The lowest BCUT2D eigenvalue weighted by Crippen LogP contribution is -2.24. The molecule has 1 aromatic carbocycles. The molecule has 0 saturated carbocycles. The Bertz CT molecular complexity index is 563. The van der Waals surface area contributed by atoms with Crippen LogP contribution in [0.5, 0.6) is 0 Å². The minimum absolute atomic E-state index is 0.0414. The average Bonchev–Trinajstić information content (AvgIpc) is 2.90. The monoisotopic (exact) mass is 289 g/mol. The fourth-order valence-electron chi connectivity index (χ4n) is 1.84. The van der Waals surface area contributed by atoms with Crippen LogP contribution >= 0.6 is 11.3 Å². The summed E-state index contributed by atoms with van der Waals surface area (Å²) in [6.45, 7) is 2.72. The number of carbonyl (C=O) groups is 1. The highest BCUT2D eigenvalue weighted by atomic mass is 32.1. The first kappa shape index (κ1) is 14.5. The molecular weight excluding hydrogens is 270 g/mol. The summed E-state index contributed by atoms with van der Waals surface area (Å²) >= 11 is 1.47. The van der Waals surface area contributed by atoms with Crippen molar-refractivity contribution in [2.45, 2.75) is 26.2 Å². The van der Waals surface area contributed by atoms with Gasteiger partial charge in [-0.3, -0.25) is 4.79 Å². The van der Waals surface area contributed by atoms with E-state index in [1.165, 1.54) is 11.3 Å². The second kappa shape index (κ2) is 7.05. The normalized spacial score (nSPS) is 10.4. The van der Waals surface area contributed by atoms with Gasteiger partial charge in [-0.15, -0.1) is 11.3 Å². The molecule has 0 aliphatic rings. The molecule has 1 heterocycles. The van der Waals surface area contributed by atoms with Gasteiger partial charge in [0.2, 0.25) is 0 Å². The number of anilines is 1. The van der Waals surface area contributed by atoms with E-state index in [0.29, 0.717) is 11.4 Å². The topological polar surface area (TPSA) is 68.0 Å². The van der Waals surface area contributed by atoms with Crippen molar-refractivity contribution in [2.24, 2.45) is 0 Å². The number of aromatic nitrogens is 1. The fourth-order valence-corrected chi connectivity index (χ4v) is 2.77. The third kappa shape index (κ3) is 4.06. The number of hydrogen-bond donors (Lipinski definition) is 2. The van der Waals surface area contributed by atoms with Gasteiger partial charge in [-0.05, 0) is 37.0 Å². The molecule has 5 heteroatoms. The number of carbonyl (C=O) groups excluding carboxylic acids is 1. The highest BCUT2D eigenvalue weighted by Gasteiger charge is 2.09. The van der Waals surface area contributed by atoms with E-state index in [4.69, 9.17) is 5.73 Å². The lowest BCUT2D eigenvalue weighted by Gasteiger charge is -2.04. The van der Waals surface area contributed by atoms with E-state index in [9.17, 15) is 4.79 Å². The van der Waals surface area contributed by atoms with Crippen molar-refractivity contribution in [3.05, 3.63) is 45.9 Å². The van der Waals surface area contributed by atoms with E-state index in [-0.39, 0.29) is 5.91 Å². The Labute approximate surface area is 123 Å². The summed E-state index contributed by atoms with van der Waals surface area (Å²) < 4.78 is 0. The van der Waals surface area contributed by atoms with Gasteiger partial charge in [-0.2, -0.15) is 0 Å². The van der Waals surface area contributed by atoms with Gasteiger partial charge < -0.3 is 11.1 Å². The minimum Gasteiger partial charge on any atom is -0.399 e.